The number of ether oxygens (including phenoxy) is 2. The van der Waals surface area contributed by atoms with Crippen molar-refractivity contribution >= 4 is 23.2 Å². The largest absolute Gasteiger partial charge is 0.497 e. The van der Waals surface area contributed by atoms with Gasteiger partial charge in [0.05, 0.1) is 37.7 Å². The molecule has 6 rings (SSSR count). The van der Waals surface area contributed by atoms with Crippen LogP contribution in [0.1, 0.15) is 41.7 Å². The topological polar surface area (TPSA) is 117 Å². The van der Waals surface area contributed by atoms with Gasteiger partial charge in [0.25, 0.3) is 5.91 Å². The van der Waals surface area contributed by atoms with Gasteiger partial charge in [0.15, 0.2) is 0 Å². The fourth-order valence-electron chi connectivity index (χ4n) is 6.74. The van der Waals surface area contributed by atoms with E-state index in [9.17, 15) is 9.59 Å². The number of benzene rings is 1. The van der Waals surface area contributed by atoms with Crippen molar-refractivity contribution in [3.63, 3.8) is 0 Å². The second-order valence-corrected chi connectivity index (χ2v) is 10.9. The van der Waals surface area contributed by atoms with Crippen LogP contribution in [0.5, 0.6) is 11.5 Å². The van der Waals surface area contributed by atoms with Crippen LogP contribution in [0, 0.1) is 17.8 Å². The first-order valence-corrected chi connectivity index (χ1v) is 12.9. The third kappa shape index (κ3) is 3.81. The number of methoxy groups -OCH3 is 2. The predicted molar refractivity (Wildman–Crippen MR) is 139 cm³/mol. The molecule has 10 heteroatoms. The second-order valence-electron chi connectivity index (χ2n) is 10.9. The van der Waals surface area contributed by atoms with Crippen molar-refractivity contribution in [2.24, 2.45) is 17.8 Å². The van der Waals surface area contributed by atoms with Gasteiger partial charge < -0.3 is 25.0 Å². The number of carbonyl (C=O) groups is 2. The van der Waals surface area contributed by atoms with Crippen molar-refractivity contribution in [3.8, 4) is 11.5 Å². The Morgan fingerprint density at radius 2 is 2.00 bits per heavy atom. The molecule has 4 aliphatic rings. The van der Waals surface area contributed by atoms with Crippen LogP contribution in [0.15, 0.2) is 30.5 Å². The molecule has 10 nitrogen and oxygen atoms in total. The normalized spacial score (nSPS) is 31.4. The van der Waals surface area contributed by atoms with Crippen LogP contribution in [-0.2, 0) is 10.2 Å². The molecule has 3 fully saturated rings. The lowest BCUT2D eigenvalue weighted by atomic mass is 9.74. The Labute approximate surface area is 216 Å². The minimum absolute atomic E-state index is 0.00461. The summed E-state index contributed by atoms with van der Waals surface area (Å²) in [6.45, 7) is 0. The molecule has 1 saturated heterocycles. The lowest BCUT2D eigenvalue weighted by Crippen LogP contribution is -2.39. The number of fused-ring (bicyclic) bond motifs is 3. The standard InChI is InChI=1S/C27H34N6O4/c1-33(2)25(34)21-11-23(37-4)22(13-28-21)29-24-16-7-5-14(9-20(16)31-32-24)18-12-27(18)17-10-15(36-3)6-8-19(17)30-26(27)35/h6,8,10-11,13-14,16,18,20,24,29,31-32H,5,7,9,12H2,1-4H3,(H,30,35)/t14?,16?,18-,20?,24?,27-/m0/s1. The summed E-state index contributed by atoms with van der Waals surface area (Å²) >= 11 is 0. The van der Waals surface area contributed by atoms with E-state index in [1.807, 2.05) is 18.2 Å². The zero-order valence-electron chi connectivity index (χ0n) is 21.6. The Kier molecular flexibility index (Phi) is 5.76. The first kappa shape index (κ1) is 24.0. The molecule has 2 amide bonds. The van der Waals surface area contributed by atoms with Crippen molar-refractivity contribution in [2.45, 2.75) is 43.3 Å². The molecule has 1 spiro atoms. The highest BCUT2D eigenvalue weighted by molar-refractivity contribution is 6.09. The predicted octanol–water partition coefficient (Wildman–Crippen LogP) is 2.34. The molecular formula is C27H34N6O4. The summed E-state index contributed by atoms with van der Waals surface area (Å²) < 4.78 is 11.0. The molecule has 6 atom stereocenters. The smallest absolute Gasteiger partial charge is 0.272 e. The van der Waals surface area contributed by atoms with Crippen LogP contribution in [0.4, 0.5) is 11.4 Å². The minimum Gasteiger partial charge on any atom is -0.497 e. The van der Waals surface area contributed by atoms with Gasteiger partial charge >= 0.3 is 0 Å². The number of rotatable bonds is 6. The Hall–Kier alpha value is -3.37. The van der Waals surface area contributed by atoms with Gasteiger partial charge in [-0.1, -0.05) is 0 Å². The van der Waals surface area contributed by atoms with Crippen LogP contribution in [0.25, 0.3) is 0 Å². The van der Waals surface area contributed by atoms with Crippen LogP contribution in [-0.4, -0.2) is 62.2 Å². The monoisotopic (exact) mass is 506 g/mol. The number of pyridine rings is 1. The van der Waals surface area contributed by atoms with Crippen molar-refractivity contribution in [2.75, 3.05) is 38.9 Å². The Morgan fingerprint density at radius 3 is 2.76 bits per heavy atom. The highest BCUT2D eigenvalue weighted by Crippen LogP contribution is 2.65. The Morgan fingerprint density at radius 1 is 1.16 bits per heavy atom. The van der Waals surface area contributed by atoms with Crippen molar-refractivity contribution < 1.29 is 19.1 Å². The van der Waals surface area contributed by atoms with E-state index in [-0.39, 0.29) is 18.0 Å². The van der Waals surface area contributed by atoms with Crippen LogP contribution >= 0.6 is 0 Å². The van der Waals surface area contributed by atoms with E-state index >= 15 is 0 Å². The molecule has 0 bridgehead atoms. The third-order valence-corrected chi connectivity index (χ3v) is 8.76. The maximum absolute atomic E-state index is 13.1. The Balaban J connectivity index is 1.13. The minimum atomic E-state index is -0.407. The number of carbonyl (C=O) groups excluding carboxylic acids is 2. The van der Waals surface area contributed by atoms with Gasteiger partial charge in [-0.3, -0.25) is 15.0 Å². The van der Waals surface area contributed by atoms with E-state index in [0.29, 0.717) is 35.2 Å². The summed E-state index contributed by atoms with van der Waals surface area (Å²) in [6.07, 6.45) is 5.70. The quantitative estimate of drug-likeness (QED) is 0.472. The lowest BCUT2D eigenvalue weighted by molar-refractivity contribution is -0.118. The van der Waals surface area contributed by atoms with Crippen molar-refractivity contribution in [3.05, 3.63) is 41.7 Å². The van der Waals surface area contributed by atoms with Gasteiger partial charge in [-0.15, -0.1) is 0 Å². The van der Waals surface area contributed by atoms with E-state index in [1.165, 1.54) is 4.90 Å². The van der Waals surface area contributed by atoms with Crippen LogP contribution in [0.2, 0.25) is 0 Å². The maximum atomic E-state index is 13.1. The van der Waals surface area contributed by atoms with Gasteiger partial charge in [0, 0.05) is 37.8 Å². The molecule has 2 saturated carbocycles. The summed E-state index contributed by atoms with van der Waals surface area (Å²) in [5.41, 5.74) is 9.62. The molecule has 4 N–H and O–H groups in total. The number of hydrazine groups is 1. The molecule has 1 aromatic carbocycles. The maximum Gasteiger partial charge on any atom is 0.272 e. The summed E-state index contributed by atoms with van der Waals surface area (Å²) in [5, 5.41) is 6.64. The number of hydrogen-bond donors (Lipinski definition) is 4. The van der Waals surface area contributed by atoms with E-state index in [1.54, 1.807) is 40.6 Å². The first-order valence-electron chi connectivity index (χ1n) is 12.9. The summed E-state index contributed by atoms with van der Waals surface area (Å²) in [6, 6.07) is 7.87. The summed E-state index contributed by atoms with van der Waals surface area (Å²) in [7, 11) is 6.66. The van der Waals surface area contributed by atoms with Gasteiger partial charge in [-0.2, -0.15) is 0 Å². The summed E-state index contributed by atoms with van der Waals surface area (Å²) in [4.78, 5) is 31.2. The second kappa shape index (κ2) is 8.88. The fourth-order valence-corrected chi connectivity index (χ4v) is 6.74. The zero-order chi connectivity index (χ0) is 25.9. The van der Waals surface area contributed by atoms with Crippen LogP contribution in [0.3, 0.4) is 0 Å². The van der Waals surface area contributed by atoms with Crippen LogP contribution < -0.4 is 31.0 Å². The van der Waals surface area contributed by atoms with Gasteiger partial charge in [0.1, 0.15) is 17.2 Å². The van der Waals surface area contributed by atoms with Crippen molar-refractivity contribution in [1.82, 2.24) is 20.7 Å². The number of aromatic nitrogens is 1. The van der Waals surface area contributed by atoms with E-state index in [2.05, 4.69) is 26.5 Å². The van der Waals surface area contributed by atoms with E-state index in [0.717, 1.165) is 48.4 Å². The molecule has 0 radical (unpaired) electrons. The molecule has 2 aliphatic carbocycles. The molecule has 2 aromatic rings. The molecule has 1 aromatic heterocycles. The highest BCUT2D eigenvalue weighted by Gasteiger charge is 2.67. The molecule has 196 valence electrons. The lowest BCUT2D eigenvalue weighted by Gasteiger charge is -2.34. The summed E-state index contributed by atoms with van der Waals surface area (Å²) in [5.74, 6) is 2.55. The molecule has 3 heterocycles. The molecular weight excluding hydrogens is 472 g/mol. The van der Waals surface area contributed by atoms with E-state index < -0.39 is 5.41 Å². The van der Waals surface area contributed by atoms with Gasteiger partial charge in [-0.05, 0) is 61.3 Å². The average Bonchev–Trinajstić information content (AvgIpc) is 3.46. The number of nitrogens with one attached hydrogen (secondary N) is 4. The number of anilines is 2. The van der Waals surface area contributed by atoms with Crippen molar-refractivity contribution in [1.29, 1.82) is 0 Å². The molecule has 4 unspecified atom stereocenters. The first-order chi connectivity index (χ1) is 17.8. The number of hydrogen-bond acceptors (Lipinski definition) is 8. The van der Waals surface area contributed by atoms with Gasteiger partial charge in [0.2, 0.25) is 5.91 Å². The van der Waals surface area contributed by atoms with Gasteiger partial charge in [-0.25, -0.2) is 10.4 Å². The number of amides is 2. The average molecular weight is 507 g/mol. The fraction of sp³-hybridized carbons (Fsp3) is 0.519. The highest BCUT2D eigenvalue weighted by atomic mass is 16.5. The molecule has 37 heavy (non-hydrogen) atoms. The number of nitrogens with zero attached hydrogens (tertiary/aromatic N) is 2. The third-order valence-electron chi connectivity index (χ3n) is 8.76. The zero-order valence-corrected chi connectivity index (χ0v) is 21.6. The SMILES string of the molecule is COc1ccc2c(c1)[C@]1(C[C@H]1C1CCC3C(C1)NNC3Nc1cnc(C(=O)N(C)C)cc1OC)C(=O)N2. The molecule has 2 aliphatic heterocycles. The van der Waals surface area contributed by atoms with E-state index in [4.69, 9.17) is 9.47 Å². The Bertz CT molecular complexity index is 1250.